The average molecular weight is 344 g/mol. The number of nitrogens with zero attached hydrogens (tertiary/aromatic N) is 2. The molecule has 0 aliphatic carbocycles. The maximum Gasteiger partial charge on any atom is 0.254 e. The van der Waals surface area contributed by atoms with E-state index >= 15 is 0 Å². The number of benzene rings is 1. The van der Waals surface area contributed by atoms with Crippen molar-refractivity contribution in [2.45, 2.75) is 31.8 Å². The van der Waals surface area contributed by atoms with E-state index in [1.807, 2.05) is 23.1 Å². The maximum atomic E-state index is 13.1. The minimum absolute atomic E-state index is 0.0456. The second-order valence-electron chi connectivity index (χ2n) is 6.10. The first-order chi connectivity index (χ1) is 11.7. The minimum Gasteiger partial charge on any atom is -0.330 e. The predicted molar refractivity (Wildman–Crippen MR) is 96.1 cm³/mol. The van der Waals surface area contributed by atoms with Crippen molar-refractivity contribution in [3.05, 3.63) is 64.9 Å². The van der Waals surface area contributed by atoms with Gasteiger partial charge in [-0.1, -0.05) is 17.7 Å². The van der Waals surface area contributed by atoms with Crippen molar-refractivity contribution in [1.29, 1.82) is 0 Å². The number of amides is 1. The Labute approximate surface area is 147 Å². The zero-order chi connectivity index (χ0) is 16.8. The topological polar surface area (TPSA) is 45.2 Å². The smallest absolute Gasteiger partial charge is 0.254 e. The quantitative estimate of drug-likeness (QED) is 0.923. The van der Waals surface area contributed by atoms with Crippen LogP contribution >= 0.6 is 11.6 Å². The molecule has 0 spiro atoms. The molecule has 0 radical (unpaired) electrons. The largest absolute Gasteiger partial charge is 0.330 e. The molecule has 1 aromatic carbocycles. The van der Waals surface area contributed by atoms with E-state index < -0.39 is 0 Å². The van der Waals surface area contributed by atoms with Crippen LogP contribution in [-0.2, 0) is 6.54 Å². The molecular weight excluding hydrogens is 322 g/mol. The first-order valence-corrected chi connectivity index (χ1v) is 8.79. The molecule has 0 saturated carbocycles. The van der Waals surface area contributed by atoms with Gasteiger partial charge in [-0.25, -0.2) is 0 Å². The van der Waals surface area contributed by atoms with E-state index in [2.05, 4.69) is 10.3 Å². The molecule has 2 heterocycles. The molecule has 1 amide bonds. The molecule has 1 aliphatic heterocycles. The lowest BCUT2D eigenvalue weighted by Crippen LogP contribution is -2.40. The number of halogens is 1. The van der Waals surface area contributed by atoms with Gasteiger partial charge in [-0.2, -0.15) is 0 Å². The molecule has 0 bridgehead atoms. The first kappa shape index (κ1) is 16.9. The number of hydrogen-bond donors (Lipinski definition) is 1. The highest BCUT2D eigenvalue weighted by Gasteiger charge is 2.26. The van der Waals surface area contributed by atoms with Crippen LogP contribution in [0.15, 0.2) is 48.7 Å². The number of hydrogen-bond acceptors (Lipinski definition) is 3. The molecule has 2 aromatic rings. The summed E-state index contributed by atoms with van der Waals surface area (Å²) >= 11 is 5.95. The van der Waals surface area contributed by atoms with E-state index in [4.69, 9.17) is 11.6 Å². The van der Waals surface area contributed by atoms with Crippen LogP contribution in [0.4, 0.5) is 0 Å². The van der Waals surface area contributed by atoms with Gasteiger partial charge in [-0.15, -0.1) is 0 Å². The van der Waals surface area contributed by atoms with Crippen LogP contribution in [0.1, 0.15) is 35.3 Å². The molecular formula is C19H22ClN3O. The van der Waals surface area contributed by atoms with Gasteiger partial charge < -0.3 is 10.2 Å². The van der Waals surface area contributed by atoms with Crippen molar-refractivity contribution >= 4 is 17.5 Å². The van der Waals surface area contributed by atoms with Gasteiger partial charge in [0.25, 0.3) is 5.91 Å². The van der Waals surface area contributed by atoms with Crippen LogP contribution in [0.2, 0.25) is 5.02 Å². The van der Waals surface area contributed by atoms with E-state index in [1.165, 1.54) is 0 Å². The molecule has 1 saturated heterocycles. The number of carbonyl (C=O) groups excluding carboxylic acids is 1. The molecule has 1 aliphatic rings. The van der Waals surface area contributed by atoms with Gasteiger partial charge in [-0.3, -0.25) is 9.78 Å². The van der Waals surface area contributed by atoms with Gasteiger partial charge in [0, 0.05) is 22.8 Å². The number of aromatic nitrogens is 1. The van der Waals surface area contributed by atoms with Crippen LogP contribution in [-0.4, -0.2) is 34.9 Å². The Bertz CT molecular complexity index is 652. The van der Waals surface area contributed by atoms with Crippen molar-refractivity contribution in [2.75, 3.05) is 13.1 Å². The summed E-state index contributed by atoms with van der Waals surface area (Å²) in [5, 5.41) is 4.05. The van der Waals surface area contributed by atoms with Gasteiger partial charge in [0.2, 0.25) is 0 Å². The summed E-state index contributed by atoms with van der Waals surface area (Å²) in [5.41, 5.74) is 1.59. The van der Waals surface area contributed by atoms with Crippen LogP contribution in [0.3, 0.4) is 0 Å². The van der Waals surface area contributed by atoms with Crippen LogP contribution in [0.25, 0.3) is 0 Å². The van der Waals surface area contributed by atoms with Gasteiger partial charge in [-0.05, 0) is 68.8 Å². The van der Waals surface area contributed by atoms with Crippen LogP contribution < -0.4 is 5.32 Å². The summed E-state index contributed by atoms with van der Waals surface area (Å²) in [7, 11) is 0. The van der Waals surface area contributed by atoms with Gasteiger partial charge in [0.1, 0.15) is 0 Å². The summed E-state index contributed by atoms with van der Waals surface area (Å²) in [6.07, 6.45) is 4.83. The highest BCUT2D eigenvalue weighted by molar-refractivity contribution is 6.30. The third-order valence-electron chi connectivity index (χ3n) is 4.40. The number of carbonyl (C=O) groups is 1. The van der Waals surface area contributed by atoms with E-state index in [9.17, 15) is 4.79 Å². The Balaban J connectivity index is 1.85. The predicted octanol–water partition coefficient (Wildman–Crippen LogP) is 3.52. The Kier molecular flexibility index (Phi) is 5.83. The van der Waals surface area contributed by atoms with Gasteiger partial charge in [0.15, 0.2) is 0 Å². The Morgan fingerprint density at radius 1 is 1.17 bits per heavy atom. The molecule has 1 N–H and O–H groups in total. The lowest BCUT2D eigenvalue weighted by molar-refractivity contribution is 0.0642. The third kappa shape index (κ3) is 4.34. The van der Waals surface area contributed by atoms with Crippen LogP contribution in [0.5, 0.6) is 0 Å². The molecule has 126 valence electrons. The van der Waals surface area contributed by atoms with Gasteiger partial charge in [0.05, 0.1) is 12.2 Å². The molecule has 24 heavy (non-hydrogen) atoms. The number of rotatable bonds is 4. The van der Waals surface area contributed by atoms with Crippen molar-refractivity contribution in [1.82, 2.24) is 15.2 Å². The van der Waals surface area contributed by atoms with Crippen molar-refractivity contribution in [2.24, 2.45) is 0 Å². The second-order valence-corrected chi connectivity index (χ2v) is 6.53. The number of pyridine rings is 1. The lowest BCUT2D eigenvalue weighted by Gasteiger charge is -2.31. The van der Waals surface area contributed by atoms with E-state index in [-0.39, 0.29) is 11.9 Å². The molecule has 4 nitrogen and oxygen atoms in total. The number of nitrogens with one attached hydrogen (secondary N) is 1. The second kappa shape index (κ2) is 8.27. The summed E-state index contributed by atoms with van der Waals surface area (Å²) in [6, 6.07) is 13.2. The monoisotopic (exact) mass is 343 g/mol. The Hall–Kier alpha value is -1.91. The maximum absolute atomic E-state index is 13.1. The van der Waals surface area contributed by atoms with Crippen molar-refractivity contribution in [3.8, 4) is 0 Å². The zero-order valence-corrected chi connectivity index (χ0v) is 14.4. The first-order valence-electron chi connectivity index (χ1n) is 8.41. The van der Waals surface area contributed by atoms with E-state index in [0.717, 1.165) is 38.0 Å². The summed E-state index contributed by atoms with van der Waals surface area (Å²) in [4.78, 5) is 19.5. The fourth-order valence-electron chi connectivity index (χ4n) is 3.10. The molecule has 5 heteroatoms. The van der Waals surface area contributed by atoms with E-state index in [0.29, 0.717) is 17.1 Å². The summed E-state index contributed by atoms with van der Waals surface area (Å²) in [5.74, 6) is 0.0456. The Morgan fingerprint density at radius 3 is 2.75 bits per heavy atom. The molecule has 1 atom stereocenters. The van der Waals surface area contributed by atoms with E-state index in [1.54, 1.807) is 30.5 Å². The Morgan fingerprint density at radius 2 is 2.00 bits per heavy atom. The summed E-state index contributed by atoms with van der Waals surface area (Å²) < 4.78 is 0. The van der Waals surface area contributed by atoms with Gasteiger partial charge >= 0.3 is 0 Å². The SMILES string of the molecule is O=C(c1ccc(Cl)cc1)N(Cc1ccccn1)C1CCCNCC1. The molecule has 1 fully saturated rings. The fraction of sp³-hybridized carbons (Fsp3) is 0.368. The minimum atomic E-state index is 0.0456. The normalized spacial score (nSPS) is 18.0. The fourth-order valence-corrected chi connectivity index (χ4v) is 3.23. The molecule has 1 aromatic heterocycles. The zero-order valence-electron chi connectivity index (χ0n) is 13.6. The average Bonchev–Trinajstić information content (AvgIpc) is 2.90. The standard InChI is InChI=1S/C19H22ClN3O/c20-16-8-6-15(7-9-16)19(24)23(14-17-4-1-2-12-22-17)18-5-3-11-21-13-10-18/h1-2,4,6-9,12,18,21H,3,5,10-11,13-14H2. The molecule has 3 rings (SSSR count). The molecule has 1 unspecified atom stereocenters. The van der Waals surface area contributed by atoms with Crippen molar-refractivity contribution in [3.63, 3.8) is 0 Å². The third-order valence-corrected chi connectivity index (χ3v) is 4.65. The lowest BCUT2D eigenvalue weighted by atomic mass is 10.0. The highest BCUT2D eigenvalue weighted by Crippen LogP contribution is 2.20. The summed E-state index contributed by atoms with van der Waals surface area (Å²) in [6.45, 7) is 2.49. The highest BCUT2D eigenvalue weighted by atomic mass is 35.5. The van der Waals surface area contributed by atoms with Crippen LogP contribution in [0, 0.1) is 0 Å². The van der Waals surface area contributed by atoms with Crippen molar-refractivity contribution < 1.29 is 4.79 Å².